The Morgan fingerprint density at radius 2 is 2.05 bits per heavy atom. The highest BCUT2D eigenvalue weighted by molar-refractivity contribution is 5.94. The lowest BCUT2D eigenvalue weighted by atomic mass is 9.94. The van der Waals surface area contributed by atoms with Crippen LogP contribution in [-0.4, -0.2) is 35.0 Å². The van der Waals surface area contributed by atoms with Crippen molar-refractivity contribution in [3.05, 3.63) is 11.8 Å². The van der Waals surface area contributed by atoms with Crippen LogP contribution in [-0.2, 0) is 9.59 Å². The molecule has 106 valence electrons. The third kappa shape index (κ3) is 4.39. The van der Waals surface area contributed by atoms with Crippen LogP contribution >= 0.6 is 0 Å². The summed E-state index contributed by atoms with van der Waals surface area (Å²) < 4.78 is 4.85. The highest BCUT2D eigenvalue weighted by Crippen LogP contribution is 2.17. The van der Waals surface area contributed by atoms with E-state index in [4.69, 9.17) is 4.52 Å². The third-order valence-electron chi connectivity index (χ3n) is 2.54. The zero-order valence-electron chi connectivity index (χ0n) is 12.1. The van der Waals surface area contributed by atoms with E-state index in [2.05, 4.69) is 10.5 Å². The molecule has 6 heteroatoms. The first kappa shape index (κ1) is 15.2. The summed E-state index contributed by atoms with van der Waals surface area (Å²) >= 11 is 0. The quantitative estimate of drug-likeness (QED) is 0.902. The fourth-order valence-electron chi connectivity index (χ4n) is 1.58. The number of carbonyl (C=O) groups excluding carboxylic acids is 2. The largest absolute Gasteiger partial charge is 0.360 e. The van der Waals surface area contributed by atoms with Gasteiger partial charge in [0.1, 0.15) is 5.76 Å². The second-order valence-corrected chi connectivity index (χ2v) is 5.44. The summed E-state index contributed by atoms with van der Waals surface area (Å²) in [7, 11) is 0. The van der Waals surface area contributed by atoms with Crippen LogP contribution in [0.1, 0.15) is 33.5 Å². The Hall–Kier alpha value is -1.85. The molecule has 1 heterocycles. The van der Waals surface area contributed by atoms with Crippen LogP contribution in [0.25, 0.3) is 0 Å². The van der Waals surface area contributed by atoms with Crippen LogP contribution in [0.15, 0.2) is 10.6 Å². The van der Waals surface area contributed by atoms with Crippen LogP contribution in [0.4, 0.5) is 5.82 Å². The van der Waals surface area contributed by atoms with E-state index in [0.29, 0.717) is 18.1 Å². The van der Waals surface area contributed by atoms with Crippen molar-refractivity contribution in [2.24, 2.45) is 5.41 Å². The molecule has 0 atom stereocenters. The van der Waals surface area contributed by atoms with Crippen molar-refractivity contribution in [1.29, 1.82) is 0 Å². The molecule has 6 nitrogen and oxygen atoms in total. The molecule has 0 aliphatic carbocycles. The molecule has 0 aromatic carbocycles. The fourth-order valence-corrected chi connectivity index (χ4v) is 1.58. The van der Waals surface area contributed by atoms with Crippen molar-refractivity contribution >= 4 is 17.6 Å². The van der Waals surface area contributed by atoms with Gasteiger partial charge < -0.3 is 14.7 Å². The van der Waals surface area contributed by atoms with E-state index in [9.17, 15) is 9.59 Å². The first-order valence-electron chi connectivity index (χ1n) is 6.26. The number of carbonyl (C=O) groups is 2. The third-order valence-corrected chi connectivity index (χ3v) is 2.54. The van der Waals surface area contributed by atoms with Crippen LogP contribution in [0.5, 0.6) is 0 Å². The molecule has 0 spiro atoms. The summed E-state index contributed by atoms with van der Waals surface area (Å²) in [5.41, 5.74) is -0.499. The van der Waals surface area contributed by atoms with E-state index in [-0.39, 0.29) is 18.4 Å². The molecule has 0 aliphatic rings. The number of nitrogens with one attached hydrogen (secondary N) is 1. The number of aryl methyl sites for hydroxylation is 1. The van der Waals surface area contributed by atoms with Gasteiger partial charge in [-0.2, -0.15) is 0 Å². The van der Waals surface area contributed by atoms with Crippen LogP contribution in [0, 0.1) is 12.3 Å². The molecule has 0 saturated heterocycles. The molecule has 1 rings (SSSR count). The number of amides is 2. The van der Waals surface area contributed by atoms with Crippen molar-refractivity contribution in [3.63, 3.8) is 0 Å². The Labute approximate surface area is 113 Å². The molecule has 0 radical (unpaired) electrons. The monoisotopic (exact) mass is 267 g/mol. The lowest BCUT2D eigenvalue weighted by Gasteiger charge is -2.27. The SMILES string of the molecule is CCN(CC(=O)Nc1cc(C)on1)C(=O)C(C)(C)C. The molecule has 1 aromatic rings. The average molecular weight is 267 g/mol. The molecular formula is C13H21N3O3. The second-order valence-electron chi connectivity index (χ2n) is 5.44. The fraction of sp³-hybridized carbons (Fsp3) is 0.615. The van der Waals surface area contributed by atoms with E-state index in [0.717, 1.165) is 0 Å². The minimum Gasteiger partial charge on any atom is -0.360 e. The molecule has 0 bridgehead atoms. The standard InChI is InChI=1S/C13H21N3O3/c1-6-16(12(18)13(3,4)5)8-11(17)14-10-7-9(2)19-15-10/h7H,6,8H2,1-5H3,(H,14,15,17). The minimum atomic E-state index is -0.499. The molecule has 19 heavy (non-hydrogen) atoms. The van der Waals surface area contributed by atoms with E-state index in [1.54, 1.807) is 13.0 Å². The summed E-state index contributed by atoms with van der Waals surface area (Å²) in [5.74, 6) is 0.643. The Bertz CT molecular complexity index is 460. The van der Waals surface area contributed by atoms with Crippen molar-refractivity contribution in [2.45, 2.75) is 34.6 Å². The zero-order chi connectivity index (χ0) is 14.6. The summed E-state index contributed by atoms with van der Waals surface area (Å²) in [6.45, 7) is 9.58. The summed E-state index contributed by atoms with van der Waals surface area (Å²) in [5, 5.41) is 6.27. The van der Waals surface area contributed by atoms with Gasteiger partial charge in [0.05, 0.1) is 6.54 Å². The van der Waals surface area contributed by atoms with Gasteiger partial charge in [-0.15, -0.1) is 0 Å². The van der Waals surface area contributed by atoms with Gasteiger partial charge in [-0.25, -0.2) is 0 Å². The van der Waals surface area contributed by atoms with Gasteiger partial charge in [-0.05, 0) is 13.8 Å². The second kappa shape index (κ2) is 5.86. The van der Waals surface area contributed by atoms with Gasteiger partial charge in [-0.3, -0.25) is 9.59 Å². The zero-order valence-corrected chi connectivity index (χ0v) is 12.1. The van der Waals surface area contributed by atoms with Gasteiger partial charge >= 0.3 is 0 Å². The first-order chi connectivity index (χ1) is 8.74. The minimum absolute atomic E-state index is 0.0124. The summed E-state index contributed by atoms with van der Waals surface area (Å²) in [4.78, 5) is 25.5. The molecular weight excluding hydrogens is 246 g/mol. The molecule has 0 unspecified atom stereocenters. The lowest BCUT2D eigenvalue weighted by molar-refractivity contribution is -0.141. The summed E-state index contributed by atoms with van der Waals surface area (Å²) in [6, 6.07) is 1.62. The normalized spacial score (nSPS) is 11.2. The highest BCUT2D eigenvalue weighted by Gasteiger charge is 2.27. The van der Waals surface area contributed by atoms with Gasteiger partial charge in [0, 0.05) is 18.0 Å². The van der Waals surface area contributed by atoms with Crippen molar-refractivity contribution in [1.82, 2.24) is 10.1 Å². The van der Waals surface area contributed by atoms with Gasteiger partial charge in [0.25, 0.3) is 0 Å². The molecule has 2 amide bonds. The number of rotatable bonds is 4. The number of aromatic nitrogens is 1. The Balaban J connectivity index is 2.61. The van der Waals surface area contributed by atoms with E-state index in [1.807, 2.05) is 27.7 Å². The van der Waals surface area contributed by atoms with E-state index < -0.39 is 5.41 Å². The van der Waals surface area contributed by atoms with Crippen molar-refractivity contribution in [2.75, 3.05) is 18.4 Å². The number of hydrogen-bond acceptors (Lipinski definition) is 4. The first-order valence-corrected chi connectivity index (χ1v) is 6.26. The Kier molecular flexibility index (Phi) is 4.69. The number of anilines is 1. The lowest BCUT2D eigenvalue weighted by Crippen LogP contribution is -2.43. The van der Waals surface area contributed by atoms with Gasteiger partial charge in [0.15, 0.2) is 5.82 Å². The molecule has 0 fully saturated rings. The van der Waals surface area contributed by atoms with E-state index >= 15 is 0 Å². The topological polar surface area (TPSA) is 75.4 Å². The summed E-state index contributed by atoms with van der Waals surface area (Å²) in [6.07, 6.45) is 0. The Morgan fingerprint density at radius 3 is 2.47 bits per heavy atom. The van der Waals surface area contributed by atoms with E-state index in [1.165, 1.54) is 4.90 Å². The Morgan fingerprint density at radius 1 is 1.42 bits per heavy atom. The predicted molar refractivity (Wildman–Crippen MR) is 71.6 cm³/mol. The van der Waals surface area contributed by atoms with Crippen LogP contribution in [0.2, 0.25) is 0 Å². The highest BCUT2D eigenvalue weighted by atomic mass is 16.5. The maximum absolute atomic E-state index is 12.1. The maximum atomic E-state index is 12.1. The number of nitrogens with zero attached hydrogens (tertiary/aromatic N) is 2. The van der Waals surface area contributed by atoms with Crippen molar-refractivity contribution < 1.29 is 14.1 Å². The number of likely N-dealkylation sites (N-methyl/N-ethyl adjacent to an activating group) is 1. The van der Waals surface area contributed by atoms with Crippen LogP contribution in [0.3, 0.4) is 0 Å². The van der Waals surface area contributed by atoms with Crippen LogP contribution < -0.4 is 5.32 Å². The van der Waals surface area contributed by atoms with Crippen molar-refractivity contribution in [3.8, 4) is 0 Å². The molecule has 1 aromatic heterocycles. The maximum Gasteiger partial charge on any atom is 0.245 e. The predicted octanol–water partition coefficient (Wildman–Crippen LogP) is 1.82. The molecule has 1 N–H and O–H groups in total. The smallest absolute Gasteiger partial charge is 0.245 e. The van der Waals surface area contributed by atoms with Gasteiger partial charge in [-0.1, -0.05) is 25.9 Å². The average Bonchev–Trinajstić information content (AvgIpc) is 2.69. The van der Waals surface area contributed by atoms with Gasteiger partial charge in [0.2, 0.25) is 11.8 Å². The number of hydrogen-bond donors (Lipinski definition) is 1. The molecule has 0 aliphatic heterocycles. The molecule has 0 saturated carbocycles.